The largest absolute Gasteiger partial charge is 0.398 e. The topological polar surface area (TPSA) is 85.1 Å². The molecule has 0 aliphatic rings. The molecule has 0 atom stereocenters. The van der Waals surface area contributed by atoms with Crippen molar-refractivity contribution >= 4 is 48.1 Å². The molecule has 0 fully saturated rings. The summed E-state index contributed by atoms with van der Waals surface area (Å²) in [5.41, 5.74) is 6.83. The minimum absolute atomic E-state index is 0.0396. The normalized spacial score (nSPS) is 11.6. The fraction of sp³-hybridized carbons (Fsp3) is 0.250. The molecule has 0 bridgehead atoms. The van der Waals surface area contributed by atoms with Gasteiger partial charge in [-0.2, -0.15) is 0 Å². The smallest absolute Gasteiger partial charge is 0.265 e. The van der Waals surface area contributed by atoms with E-state index in [0.29, 0.717) is 9.60 Å². The highest BCUT2D eigenvalue weighted by molar-refractivity contribution is 9.10. The first-order valence-corrected chi connectivity index (χ1v) is 8.97. The molecule has 2 rings (SSSR count). The van der Waals surface area contributed by atoms with Crippen LogP contribution in [0.5, 0.6) is 0 Å². The Labute approximate surface area is 130 Å². The van der Waals surface area contributed by atoms with Gasteiger partial charge in [-0.3, -0.25) is 4.72 Å². The van der Waals surface area contributed by atoms with Gasteiger partial charge >= 0.3 is 0 Å². The van der Waals surface area contributed by atoms with E-state index in [0.717, 1.165) is 17.0 Å². The number of nitrogens with two attached hydrogens (primary N) is 1. The lowest BCUT2D eigenvalue weighted by molar-refractivity contribution is 0.601. The molecule has 0 saturated carbocycles. The number of nitrogens with zero attached hydrogens (tertiary/aromatic N) is 1. The maximum atomic E-state index is 12.3. The molecule has 0 unspecified atom stereocenters. The summed E-state index contributed by atoms with van der Waals surface area (Å²) in [6, 6.07) is 4.71. The molecule has 0 aliphatic carbocycles. The van der Waals surface area contributed by atoms with E-state index in [2.05, 4.69) is 25.6 Å². The highest BCUT2D eigenvalue weighted by Crippen LogP contribution is 2.28. The van der Waals surface area contributed by atoms with Crippen molar-refractivity contribution in [2.45, 2.75) is 25.2 Å². The van der Waals surface area contributed by atoms with Gasteiger partial charge in [-0.05, 0) is 31.5 Å². The standard InChI is InChI=1S/C12H14BrN3O2S2/c1-3-10-7(2)19-12(15-10)16-20(17,18)11-6-8(13)4-5-9(11)14/h4-6H,3,14H2,1-2H3,(H,15,16). The molecule has 1 heterocycles. The number of hydrogen-bond acceptors (Lipinski definition) is 5. The van der Waals surface area contributed by atoms with E-state index < -0.39 is 10.0 Å². The van der Waals surface area contributed by atoms with Gasteiger partial charge in [0.25, 0.3) is 10.0 Å². The molecule has 1 aromatic heterocycles. The molecule has 0 aliphatic heterocycles. The average Bonchev–Trinajstić information content (AvgIpc) is 2.71. The molecule has 0 saturated heterocycles. The third-order valence-corrected chi connectivity index (χ3v) is 5.66. The van der Waals surface area contributed by atoms with Crippen molar-refractivity contribution in [3.63, 3.8) is 0 Å². The van der Waals surface area contributed by atoms with Crippen LogP contribution in [-0.2, 0) is 16.4 Å². The van der Waals surface area contributed by atoms with E-state index in [1.807, 2.05) is 13.8 Å². The van der Waals surface area contributed by atoms with Crippen molar-refractivity contribution in [3.8, 4) is 0 Å². The molecule has 0 amide bonds. The van der Waals surface area contributed by atoms with Crippen LogP contribution in [0.4, 0.5) is 10.8 Å². The number of nitrogens with one attached hydrogen (secondary N) is 1. The van der Waals surface area contributed by atoms with Crippen LogP contribution >= 0.6 is 27.3 Å². The molecule has 3 N–H and O–H groups in total. The number of anilines is 2. The van der Waals surface area contributed by atoms with Crippen molar-refractivity contribution in [2.75, 3.05) is 10.5 Å². The summed E-state index contributed by atoms with van der Waals surface area (Å²) in [5.74, 6) is 0. The fourth-order valence-electron chi connectivity index (χ4n) is 1.71. The van der Waals surface area contributed by atoms with Crippen molar-refractivity contribution in [2.24, 2.45) is 0 Å². The van der Waals surface area contributed by atoms with E-state index in [4.69, 9.17) is 5.73 Å². The molecular weight excluding hydrogens is 362 g/mol. The van der Waals surface area contributed by atoms with Gasteiger partial charge < -0.3 is 5.73 Å². The van der Waals surface area contributed by atoms with Gasteiger partial charge in [-0.25, -0.2) is 13.4 Å². The van der Waals surface area contributed by atoms with Gasteiger partial charge in [0.05, 0.1) is 11.4 Å². The van der Waals surface area contributed by atoms with Crippen LogP contribution in [0.3, 0.4) is 0 Å². The number of rotatable bonds is 4. The van der Waals surface area contributed by atoms with Gasteiger partial charge in [0.1, 0.15) is 4.90 Å². The lowest BCUT2D eigenvalue weighted by Gasteiger charge is -2.08. The second-order valence-electron chi connectivity index (χ2n) is 4.16. The second-order valence-corrected chi connectivity index (χ2v) is 7.93. The van der Waals surface area contributed by atoms with E-state index in [-0.39, 0.29) is 10.6 Å². The zero-order valence-electron chi connectivity index (χ0n) is 11.0. The highest BCUT2D eigenvalue weighted by atomic mass is 79.9. The summed E-state index contributed by atoms with van der Waals surface area (Å²) < 4.78 is 27.8. The molecule has 108 valence electrons. The first-order chi connectivity index (χ1) is 9.33. The first kappa shape index (κ1) is 15.3. The van der Waals surface area contributed by atoms with Gasteiger partial charge in [-0.15, -0.1) is 11.3 Å². The number of aryl methyl sites for hydroxylation is 2. The summed E-state index contributed by atoms with van der Waals surface area (Å²) in [6.45, 7) is 3.90. The predicted octanol–water partition coefficient (Wildman–Crippen LogP) is 3.16. The Hall–Kier alpha value is -1.12. The van der Waals surface area contributed by atoms with Crippen LogP contribution in [0.25, 0.3) is 0 Å². The first-order valence-electron chi connectivity index (χ1n) is 5.87. The van der Waals surface area contributed by atoms with Crippen molar-refractivity contribution < 1.29 is 8.42 Å². The predicted molar refractivity (Wildman–Crippen MR) is 85.6 cm³/mol. The van der Waals surface area contributed by atoms with Crippen LogP contribution in [-0.4, -0.2) is 13.4 Å². The minimum atomic E-state index is -3.74. The second kappa shape index (κ2) is 5.71. The van der Waals surface area contributed by atoms with E-state index in [1.165, 1.54) is 17.4 Å². The summed E-state index contributed by atoms with van der Waals surface area (Å²) in [7, 11) is -3.74. The van der Waals surface area contributed by atoms with Crippen LogP contribution in [0.1, 0.15) is 17.5 Å². The number of sulfonamides is 1. The summed E-state index contributed by atoms with van der Waals surface area (Å²) in [5, 5.41) is 0.360. The number of hydrogen-bond donors (Lipinski definition) is 2. The van der Waals surface area contributed by atoms with Crippen molar-refractivity contribution in [1.82, 2.24) is 4.98 Å². The Morgan fingerprint density at radius 2 is 2.15 bits per heavy atom. The molecule has 0 radical (unpaired) electrons. The van der Waals surface area contributed by atoms with Crippen LogP contribution < -0.4 is 10.5 Å². The molecule has 2 aromatic rings. The Morgan fingerprint density at radius 3 is 2.75 bits per heavy atom. The molecule has 0 spiro atoms. The summed E-state index contributed by atoms with van der Waals surface area (Å²) in [4.78, 5) is 5.31. The third-order valence-electron chi connectivity index (χ3n) is 2.71. The lowest BCUT2D eigenvalue weighted by Crippen LogP contribution is -2.14. The molecule has 5 nitrogen and oxygen atoms in total. The zero-order valence-corrected chi connectivity index (χ0v) is 14.2. The number of benzene rings is 1. The molecule has 1 aromatic carbocycles. The van der Waals surface area contributed by atoms with Crippen LogP contribution in [0.2, 0.25) is 0 Å². The number of nitrogen functional groups attached to an aromatic ring is 1. The quantitative estimate of drug-likeness (QED) is 0.803. The van der Waals surface area contributed by atoms with Crippen molar-refractivity contribution in [3.05, 3.63) is 33.2 Å². The Kier molecular flexibility index (Phi) is 4.36. The monoisotopic (exact) mass is 375 g/mol. The van der Waals surface area contributed by atoms with E-state index in [9.17, 15) is 8.42 Å². The third kappa shape index (κ3) is 3.13. The maximum Gasteiger partial charge on any atom is 0.265 e. The Balaban J connectivity index is 2.37. The lowest BCUT2D eigenvalue weighted by atomic mass is 10.3. The van der Waals surface area contributed by atoms with Gasteiger partial charge in [0.15, 0.2) is 5.13 Å². The average molecular weight is 376 g/mol. The Morgan fingerprint density at radius 1 is 1.45 bits per heavy atom. The van der Waals surface area contributed by atoms with Gasteiger partial charge in [0, 0.05) is 9.35 Å². The van der Waals surface area contributed by atoms with Gasteiger partial charge in [-0.1, -0.05) is 22.9 Å². The highest BCUT2D eigenvalue weighted by Gasteiger charge is 2.20. The molecule has 20 heavy (non-hydrogen) atoms. The van der Waals surface area contributed by atoms with Gasteiger partial charge in [0.2, 0.25) is 0 Å². The maximum absolute atomic E-state index is 12.3. The number of thiazole rings is 1. The van der Waals surface area contributed by atoms with E-state index >= 15 is 0 Å². The molecular formula is C12H14BrN3O2S2. The summed E-state index contributed by atoms with van der Waals surface area (Å²) >= 11 is 4.56. The Bertz CT molecular complexity index is 741. The zero-order chi connectivity index (χ0) is 14.9. The SMILES string of the molecule is CCc1nc(NS(=O)(=O)c2cc(Br)ccc2N)sc1C. The molecule has 8 heteroatoms. The van der Waals surface area contributed by atoms with Crippen LogP contribution in [0, 0.1) is 6.92 Å². The van der Waals surface area contributed by atoms with Crippen molar-refractivity contribution in [1.29, 1.82) is 0 Å². The van der Waals surface area contributed by atoms with E-state index in [1.54, 1.807) is 12.1 Å². The number of halogens is 1. The van der Waals surface area contributed by atoms with Crippen LogP contribution in [0.15, 0.2) is 27.6 Å². The number of aromatic nitrogens is 1. The minimum Gasteiger partial charge on any atom is -0.398 e. The summed E-state index contributed by atoms with van der Waals surface area (Å²) in [6.07, 6.45) is 0.767. The fourth-order valence-corrected chi connectivity index (χ4v) is 4.52.